The number of hydrogen-bond donors (Lipinski definition) is 1. The molecule has 0 amide bonds. The lowest BCUT2D eigenvalue weighted by Gasteiger charge is -2.23. The molecule has 0 saturated heterocycles. The molecule has 0 aliphatic carbocycles. The molecular formula is C17H29ClN2O. The standard InChI is InChI=1S/C17H29ClN2O/c1-4-10-19-17(15-7-5-8-16(18)14-15)9-12-20(2)11-6-13-21-3/h5,7-8,14,17,19H,4,6,9-13H2,1-3H3. The van der Waals surface area contributed by atoms with Gasteiger partial charge in [0.05, 0.1) is 0 Å². The van der Waals surface area contributed by atoms with Crippen LogP contribution in [0.2, 0.25) is 5.02 Å². The molecule has 21 heavy (non-hydrogen) atoms. The third-order valence-electron chi connectivity index (χ3n) is 3.58. The van der Waals surface area contributed by atoms with Crippen LogP contribution in [0.1, 0.15) is 37.8 Å². The first kappa shape index (κ1) is 18.4. The van der Waals surface area contributed by atoms with Crippen LogP contribution in [-0.4, -0.2) is 45.3 Å². The summed E-state index contributed by atoms with van der Waals surface area (Å²) in [6.07, 6.45) is 3.31. The lowest BCUT2D eigenvalue weighted by molar-refractivity contribution is 0.178. The lowest BCUT2D eigenvalue weighted by atomic mass is 10.0. The van der Waals surface area contributed by atoms with E-state index in [-0.39, 0.29) is 0 Å². The average Bonchev–Trinajstić information content (AvgIpc) is 2.47. The number of nitrogens with one attached hydrogen (secondary N) is 1. The average molecular weight is 313 g/mol. The summed E-state index contributed by atoms with van der Waals surface area (Å²) in [5.74, 6) is 0. The van der Waals surface area contributed by atoms with Crippen molar-refractivity contribution < 1.29 is 4.74 Å². The van der Waals surface area contributed by atoms with Crippen LogP contribution in [0.5, 0.6) is 0 Å². The van der Waals surface area contributed by atoms with Crippen molar-refractivity contribution >= 4 is 11.6 Å². The number of halogens is 1. The highest BCUT2D eigenvalue weighted by Gasteiger charge is 2.12. The fraction of sp³-hybridized carbons (Fsp3) is 0.647. The summed E-state index contributed by atoms with van der Waals surface area (Å²) in [5, 5.41) is 4.44. The van der Waals surface area contributed by atoms with E-state index < -0.39 is 0 Å². The molecule has 1 aromatic rings. The number of methoxy groups -OCH3 is 1. The minimum atomic E-state index is 0.369. The number of rotatable bonds is 11. The van der Waals surface area contributed by atoms with Crippen molar-refractivity contribution in [3.8, 4) is 0 Å². The summed E-state index contributed by atoms with van der Waals surface area (Å²) in [6, 6.07) is 8.55. The predicted molar refractivity (Wildman–Crippen MR) is 91.1 cm³/mol. The largest absolute Gasteiger partial charge is 0.385 e. The van der Waals surface area contributed by atoms with Gasteiger partial charge < -0.3 is 15.0 Å². The van der Waals surface area contributed by atoms with Crippen LogP contribution in [0.4, 0.5) is 0 Å². The van der Waals surface area contributed by atoms with Crippen molar-refractivity contribution in [1.29, 1.82) is 0 Å². The van der Waals surface area contributed by atoms with Gasteiger partial charge in [-0.15, -0.1) is 0 Å². The molecule has 120 valence electrons. The van der Waals surface area contributed by atoms with Crippen molar-refractivity contribution in [3.63, 3.8) is 0 Å². The van der Waals surface area contributed by atoms with Gasteiger partial charge in [0.25, 0.3) is 0 Å². The van der Waals surface area contributed by atoms with E-state index in [1.807, 2.05) is 12.1 Å². The monoisotopic (exact) mass is 312 g/mol. The third-order valence-corrected chi connectivity index (χ3v) is 3.81. The van der Waals surface area contributed by atoms with Crippen molar-refractivity contribution in [1.82, 2.24) is 10.2 Å². The number of hydrogen-bond acceptors (Lipinski definition) is 3. The van der Waals surface area contributed by atoms with Gasteiger partial charge in [0, 0.05) is 31.3 Å². The highest BCUT2D eigenvalue weighted by molar-refractivity contribution is 6.30. The fourth-order valence-corrected chi connectivity index (χ4v) is 2.57. The molecule has 0 aliphatic heterocycles. The van der Waals surface area contributed by atoms with Crippen molar-refractivity contribution in [3.05, 3.63) is 34.9 Å². The summed E-state index contributed by atoms with van der Waals surface area (Å²) >= 11 is 6.12. The second-order valence-electron chi connectivity index (χ2n) is 5.50. The Labute approximate surface area is 134 Å². The van der Waals surface area contributed by atoms with Crippen molar-refractivity contribution in [2.75, 3.05) is 40.4 Å². The van der Waals surface area contributed by atoms with Crippen molar-refractivity contribution in [2.45, 2.75) is 32.2 Å². The highest BCUT2D eigenvalue weighted by Crippen LogP contribution is 2.20. The maximum absolute atomic E-state index is 6.12. The molecule has 1 rings (SSSR count). The smallest absolute Gasteiger partial charge is 0.0474 e. The molecular weight excluding hydrogens is 284 g/mol. The first-order chi connectivity index (χ1) is 10.2. The molecule has 0 saturated carbocycles. The van der Waals surface area contributed by atoms with Gasteiger partial charge in [-0.2, -0.15) is 0 Å². The van der Waals surface area contributed by atoms with Gasteiger partial charge in [-0.05, 0) is 57.1 Å². The molecule has 0 radical (unpaired) electrons. The van der Waals surface area contributed by atoms with Crippen LogP contribution >= 0.6 is 11.6 Å². The maximum atomic E-state index is 6.12. The topological polar surface area (TPSA) is 24.5 Å². The third kappa shape index (κ3) is 7.82. The molecule has 0 spiro atoms. The first-order valence-electron chi connectivity index (χ1n) is 7.83. The Morgan fingerprint density at radius 2 is 2.14 bits per heavy atom. The normalized spacial score (nSPS) is 12.8. The lowest BCUT2D eigenvalue weighted by Crippen LogP contribution is -2.28. The SMILES string of the molecule is CCCNC(CCN(C)CCCOC)c1cccc(Cl)c1. The van der Waals surface area contributed by atoms with E-state index in [1.165, 1.54) is 5.56 Å². The van der Waals surface area contributed by atoms with E-state index in [0.717, 1.165) is 50.5 Å². The van der Waals surface area contributed by atoms with Gasteiger partial charge >= 0.3 is 0 Å². The van der Waals surface area contributed by atoms with E-state index in [4.69, 9.17) is 16.3 Å². The Hall–Kier alpha value is -0.610. The molecule has 0 bridgehead atoms. The minimum absolute atomic E-state index is 0.369. The van der Waals surface area contributed by atoms with Crippen LogP contribution in [0.3, 0.4) is 0 Å². The van der Waals surface area contributed by atoms with Gasteiger partial charge in [-0.3, -0.25) is 0 Å². The second kappa shape index (κ2) is 11.0. The molecule has 3 nitrogen and oxygen atoms in total. The number of ether oxygens (including phenoxy) is 1. The summed E-state index contributed by atoms with van der Waals surface area (Å²) in [7, 11) is 3.92. The van der Waals surface area contributed by atoms with Crippen LogP contribution in [0.25, 0.3) is 0 Å². The van der Waals surface area contributed by atoms with E-state index in [2.05, 4.69) is 36.3 Å². The molecule has 0 aliphatic rings. The van der Waals surface area contributed by atoms with Gasteiger partial charge in [-0.1, -0.05) is 30.7 Å². The summed E-state index contributed by atoms with van der Waals surface area (Å²) in [5.41, 5.74) is 1.28. The molecule has 0 fully saturated rings. The van der Waals surface area contributed by atoms with Crippen molar-refractivity contribution in [2.24, 2.45) is 0 Å². The molecule has 1 aromatic carbocycles. The summed E-state index contributed by atoms with van der Waals surface area (Å²) < 4.78 is 5.10. The quantitative estimate of drug-likeness (QED) is 0.630. The Morgan fingerprint density at radius 1 is 1.33 bits per heavy atom. The molecule has 4 heteroatoms. The summed E-state index contributed by atoms with van der Waals surface area (Å²) in [6.45, 7) is 6.20. The Balaban J connectivity index is 2.50. The second-order valence-corrected chi connectivity index (χ2v) is 5.94. The highest BCUT2D eigenvalue weighted by atomic mass is 35.5. The molecule has 1 N–H and O–H groups in total. The maximum Gasteiger partial charge on any atom is 0.0474 e. The Morgan fingerprint density at radius 3 is 2.81 bits per heavy atom. The molecule has 1 unspecified atom stereocenters. The zero-order valence-electron chi connectivity index (χ0n) is 13.6. The minimum Gasteiger partial charge on any atom is -0.385 e. The van der Waals surface area contributed by atoms with Crippen LogP contribution in [0, 0.1) is 0 Å². The molecule has 0 aromatic heterocycles. The van der Waals surface area contributed by atoms with Gasteiger partial charge in [0.15, 0.2) is 0 Å². The van der Waals surface area contributed by atoms with E-state index >= 15 is 0 Å². The van der Waals surface area contributed by atoms with Crippen LogP contribution < -0.4 is 5.32 Å². The first-order valence-corrected chi connectivity index (χ1v) is 8.21. The molecule has 1 atom stereocenters. The van der Waals surface area contributed by atoms with Crippen LogP contribution in [-0.2, 0) is 4.74 Å². The van der Waals surface area contributed by atoms with Gasteiger partial charge in [0.1, 0.15) is 0 Å². The number of nitrogens with zero attached hydrogens (tertiary/aromatic N) is 1. The summed E-state index contributed by atoms with van der Waals surface area (Å²) in [4.78, 5) is 2.37. The zero-order chi connectivity index (χ0) is 15.5. The predicted octanol–water partition coefficient (Wildman–Crippen LogP) is 3.74. The van der Waals surface area contributed by atoms with E-state index in [9.17, 15) is 0 Å². The van der Waals surface area contributed by atoms with Gasteiger partial charge in [0.2, 0.25) is 0 Å². The van der Waals surface area contributed by atoms with Gasteiger partial charge in [-0.25, -0.2) is 0 Å². The molecule has 0 heterocycles. The number of benzene rings is 1. The van der Waals surface area contributed by atoms with E-state index in [1.54, 1.807) is 7.11 Å². The zero-order valence-corrected chi connectivity index (χ0v) is 14.3. The van der Waals surface area contributed by atoms with E-state index in [0.29, 0.717) is 6.04 Å². The fourth-order valence-electron chi connectivity index (χ4n) is 2.37. The Bertz CT molecular complexity index is 387. The Kier molecular flexibility index (Phi) is 9.68. The van der Waals surface area contributed by atoms with Crippen LogP contribution in [0.15, 0.2) is 24.3 Å².